The Bertz CT molecular complexity index is 426. The van der Waals surface area contributed by atoms with E-state index in [2.05, 4.69) is 10.4 Å². The van der Waals surface area contributed by atoms with Crippen LogP contribution < -0.4 is 11.3 Å². The summed E-state index contributed by atoms with van der Waals surface area (Å²) < 4.78 is 0. The molecular formula is C11H15N5O. The first kappa shape index (κ1) is 12.9. The number of rotatable bonds is 5. The number of nitriles is 1. The molecule has 0 aliphatic rings. The first-order valence-electron chi connectivity index (χ1n) is 5.31. The van der Waals surface area contributed by atoms with Crippen molar-refractivity contribution in [3.05, 3.63) is 24.0 Å². The number of carbonyl (C=O) groups excluding carboxylic acids is 1. The normalized spacial score (nSPS) is 9.47. The van der Waals surface area contributed by atoms with Gasteiger partial charge < -0.3 is 10.3 Å². The third kappa shape index (κ3) is 3.43. The third-order valence-electron chi connectivity index (χ3n) is 2.31. The minimum atomic E-state index is -0.195. The predicted octanol–water partition coefficient (Wildman–Crippen LogP) is 0.743. The van der Waals surface area contributed by atoms with Gasteiger partial charge in [-0.3, -0.25) is 15.6 Å². The van der Waals surface area contributed by atoms with E-state index >= 15 is 0 Å². The van der Waals surface area contributed by atoms with Crippen LogP contribution in [-0.4, -0.2) is 28.9 Å². The van der Waals surface area contributed by atoms with Gasteiger partial charge >= 0.3 is 0 Å². The van der Waals surface area contributed by atoms with E-state index in [1.807, 2.05) is 13.0 Å². The monoisotopic (exact) mass is 233 g/mol. The summed E-state index contributed by atoms with van der Waals surface area (Å²) in [6, 6.07) is 5.26. The van der Waals surface area contributed by atoms with Gasteiger partial charge in [-0.25, -0.2) is 0 Å². The van der Waals surface area contributed by atoms with E-state index in [4.69, 9.17) is 11.1 Å². The molecule has 0 aromatic carbocycles. The molecule has 0 saturated heterocycles. The minimum absolute atomic E-state index is 0.195. The van der Waals surface area contributed by atoms with Crippen LogP contribution in [-0.2, 0) is 0 Å². The Hall–Kier alpha value is -2.13. The second-order valence-corrected chi connectivity index (χ2v) is 3.37. The van der Waals surface area contributed by atoms with E-state index in [0.717, 1.165) is 0 Å². The van der Waals surface area contributed by atoms with E-state index in [9.17, 15) is 4.79 Å². The molecule has 0 saturated carbocycles. The fraction of sp³-hybridized carbons (Fsp3) is 0.364. The molecule has 0 bridgehead atoms. The number of hydrogen-bond acceptors (Lipinski definition) is 5. The number of nitrogens with one attached hydrogen (secondary N) is 1. The fourth-order valence-electron chi connectivity index (χ4n) is 1.39. The molecule has 0 fully saturated rings. The molecule has 0 spiro atoms. The minimum Gasteiger partial charge on any atom is -0.337 e. The van der Waals surface area contributed by atoms with E-state index in [0.29, 0.717) is 30.9 Å². The molecule has 17 heavy (non-hydrogen) atoms. The number of nitrogen functional groups attached to an aromatic ring is 1. The first-order chi connectivity index (χ1) is 8.22. The fourth-order valence-corrected chi connectivity index (χ4v) is 1.39. The van der Waals surface area contributed by atoms with Crippen LogP contribution in [0.5, 0.6) is 0 Å². The van der Waals surface area contributed by atoms with Crippen molar-refractivity contribution in [2.75, 3.05) is 18.5 Å². The quantitative estimate of drug-likeness (QED) is 0.577. The summed E-state index contributed by atoms with van der Waals surface area (Å²) in [5.74, 6) is 5.07. The molecule has 0 atom stereocenters. The summed E-state index contributed by atoms with van der Waals surface area (Å²) in [6.45, 7) is 2.82. The van der Waals surface area contributed by atoms with Crippen LogP contribution >= 0.6 is 0 Å². The molecule has 6 heteroatoms. The SMILES string of the molecule is CCN(CCC#N)C(=O)c1cc(NN)ccn1. The van der Waals surface area contributed by atoms with E-state index in [-0.39, 0.29) is 5.91 Å². The summed E-state index contributed by atoms with van der Waals surface area (Å²) in [5.41, 5.74) is 3.40. The average molecular weight is 233 g/mol. The zero-order valence-electron chi connectivity index (χ0n) is 9.68. The van der Waals surface area contributed by atoms with Crippen molar-refractivity contribution in [1.82, 2.24) is 9.88 Å². The largest absolute Gasteiger partial charge is 0.337 e. The van der Waals surface area contributed by atoms with Gasteiger partial charge in [-0.1, -0.05) is 0 Å². The van der Waals surface area contributed by atoms with Crippen LogP contribution in [0.25, 0.3) is 0 Å². The maximum Gasteiger partial charge on any atom is 0.272 e. The lowest BCUT2D eigenvalue weighted by atomic mass is 10.2. The van der Waals surface area contributed by atoms with Crippen molar-refractivity contribution in [3.63, 3.8) is 0 Å². The topological polar surface area (TPSA) is 95.0 Å². The lowest BCUT2D eigenvalue weighted by Crippen LogP contribution is -2.32. The molecule has 1 rings (SSSR count). The molecular weight excluding hydrogens is 218 g/mol. The predicted molar refractivity (Wildman–Crippen MR) is 63.9 cm³/mol. The van der Waals surface area contributed by atoms with Crippen LogP contribution in [0.4, 0.5) is 5.69 Å². The van der Waals surface area contributed by atoms with Crippen LogP contribution in [0.15, 0.2) is 18.3 Å². The summed E-state index contributed by atoms with van der Waals surface area (Å²) in [7, 11) is 0. The van der Waals surface area contributed by atoms with Crippen molar-refractivity contribution >= 4 is 11.6 Å². The highest BCUT2D eigenvalue weighted by molar-refractivity contribution is 5.93. The average Bonchev–Trinajstić information content (AvgIpc) is 2.39. The number of nitrogens with zero attached hydrogens (tertiary/aromatic N) is 3. The standard InChI is InChI=1S/C11H15N5O/c1-2-16(7-3-5-12)11(17)10-8-9(15-13)4-6-14-10/h4,6,8H,2-3,7,13H2,1H3,(H,14,15). The highest BCUT2D eigenvalue weighted by Gasteiger charge is 2.15. The lowest BCUT2D eigenvalue weighted by molar-refractivity contribution is 0.0762. The van der Waals surface area contributed by atoms with Gasteiger partial charge in [0, 0.05) is 19.3 Å². The van der Waals surface area contributed by atoms with E-state index in [1.165, 1.54) is 6.20 Å². The number of aromatic nitrogens is 1. The molecule has 90 valence electrons. The number of carbonyl (C=O) groups is 1. The number of hydrazine groups is 1. The molecule has 0 aliphatic carbocycles. The van der Waals surface area contributed by atoms with Gasteiger partial charge in [-0.15, -0.1) is 0 Å². The Morgan fingerprint density at radius 2 is 2.47 bits per heavy atom. The smallest absolute Gasteiger partial charge is 0.272 e. The van der Waals surface area contributed by atoms with Crippen molar-refractivity contribution < 1.29 is 4.79 Å². The van der Waals surface area contributed by atoms with Gasteiger partial charge in [-0.05, 0) is 19.1 Å². The first-order valence-corrected chi connectivity index (χ1v) is 5.31. The number of hydrogen-bond donors (Lipinski definition) is 2. The lowest BCUT2D eigenvalue weighted by Gasteiger charge is -2.19. The van der Waals surface area contributed by atoms with Gasteiger partial charge in [0.25, 0.3) is 5.91 Å². The molecule has 1 amide bonds. The highest BCUT2D eigenvalue weighted by atomic mass is 16.2. The zero-order chi connectivity index (χ0) is 12.7. The van der Waals surface area contributed by atoms with Crippen LogP contribution in [0.3, 0.4) is 0 Å². The molecule has 3 N–H and O–H groups in total. The highest BCUT2D eigenvalue weighted by Crippen LogP contribution is 2.09. The van der Waals surface area contributed by atoms with Crippen molar-refractivity contribution in [2.24, 2.45) is 5.84 Å². The maximum atomic E-state index is 12.0. The van der Waals surface area contributed by atoms with E-state index in [1.54, 1.807) is 17.0 Å². The Labute approximate surface area is 100 Å². The maximum absolute atomic E-state index is 12.0. The number of anilines is 1. The molecule has 0 aliphatic heterocycles. The number of nitrogens with two attached hydrogens (primary N) is 1. The summed E-state index contributed by atoms with van der Waals surface area (Å²) >= 11 is 0. The Morgan fingerprint density at radius 1 is 1.71 bits per heavy atom. The van der Waals surface area contributed by atoms with Gasteiger partial charge in [0.2, 0.25) is 0 Å². The molecule has 0 unspecified atom stereocenters. The van der Waals surface area contributed by atoms with Gasteiger partial charge in [0.15, 0.2) is 0 Å². The Kier molecular flexibility index (Phi) is 4.91. The second-order valence-electron chi connectivity index (χ2n) is 3.37. The molecule has 1 heterocycles. The summed E-state index contributed by atoms with van der Waals surface area (Å²) in [4.78, 5) is 17.6. The molecule has 6 nitrogen and oxygen atoms in total. The third-order valence-corrected chi connectivity index (χ3v) is 2.31. The summed E-state index contributed by atoms with van der Waals surface area (Å²) in [6.07, 6.45) is 1.83. The summed E-state index contributed by atoms with van der Waals surface area (Å²) in [5, 5.41) is 8.52. The van der Waals surface area contributed by atoms with Crippen molar-refractivity contribution in [2.45, 2.75) is 13.3 Å². The molecule has 1 aromatic heterocycles. The Morgan fingerprint density at radius 3 is 3.06 bits per heavy atom. The van der Waals surface area contributed by atoms with Gasteiger partial charge in [0.1, 0.15) is 5.69 Å². The number of pyridine rings is 1. The van der Waals surface area contributed by atoms with Crippen molar-refractivity contribution in [1.29, 1.82) is 5.26 Å². The van der Waals surface area contributed by atoms with Gasteiger partial charge in [0.05, 0.1) is 18.2 Å². The van der Waals surface area contributed by atoms with Crippen molar-refractivity contribution in [3.8, 4) is 6.07 Å². The Balaban J connectivity index is 2.82. The van der Waals surface area contributed by atoms with E-state index < -0.39 is 0 Å². The second kappa shape index (κ2) is 6.45. The molecule has 1 aromatic rings. The zero-order valence-corrected chi connectivity index (χ0v) is 9.68. The van der Waals surface area contributed by atoms with Gasteiger partial charge in [-0.2, -0.15) is 5.26 Å². The molecule has 0 radical (unpaired) electrons. The van der Waals surface area contributed by atoms with Crippen LogP contribution in [0, 0.1) is 11.3 Å². The number of amides is 1. The van der Waals surface area contributed by atoms with Crippen LogP contribution in [0.1, 0.15) is 23.8 Å². The van der Waals surface area contributed by atoms with Crippen LogP contribution in [0.2, 0.25) is 0 Å².